The summed E-state index contributed by atoms with van der Waals surface area (Å²) >= 11 is 1.67. The first-order valence-electron chi connectivity index (χ1n) is 3.87. The number of hydrogen-bond acceptors (Lipinski definition) is 3. The molecule has 0 amide bonds. The molecular weight excluding hydrogens is 342 g/mol. The Kier molecular flexibility index (Phi) is 3.61. The van der Waals surface area contributed by atoms with Gasteiger partial charge in [0.2, 0.25) is 5.88 Å². The highest BCUT2D eigenvalue weighted by Gasteiger charge is 2.34. The number of aromatic carboxylic acids is 1. The third-order valence-corrected chi connectivity index (χ3v) is 2.13. The van der Waals surface area contributed by atoms with Gasteiger partial charge in [0.1, 0.15) is 9.26 Å². The van der Waals surface area contributed by atoms with E-state index in [4.69, 9.17) is 5.11 Å². The van der Waals surface area contributed by atoms with Crippen LogP contribution in [-0.2, 0) is 0 Å². The number of pyridine rings is 1. The lowest BCUT2D eigenvalue weighted by atomic mass is 10.1. The van der Waals surface area contributed by atoms with Crippen LogP contribution in [0.15, 0.2) is 6.07 Å². The van der Waals surface area contributed by atoms with Crippen molar-refractivity contribution in [3.05, 3.63) is 20.9 Å². The van der Waals surface area contributed by atoms with E-state index in [0.717, 1.165) is 0 Å². The van der Waals surface area contributed by atoms with Gasteiger partial charge in [-0.2, -0.15) is 0 Å². The molecule has 0 aliphatic carbocycles. The molecule has 0 atom stereocenters. The molecule has 4 nitrogen and oxygen atoms in total. The first kappa shape index (κ1) is 13.0. The number of hydrogen-bond donors (Lipinski definition) is 1. The highest BCUT2D eigenvalue weighted by atomic mass is 127. The highest BCUT2D eigenvalue weighted by Crippen LogP contribution is 2.27. The fourth-order valence-corrected chi connectivity index (χ4v) is 1.73. The Morgan fingerprint density at radius 2 is 2.12 bits per heavy atom. The number of rotatable bonds is 2. The number of carbonyl (C=O) groups is 1. The van der Waals surface area contributed by atoms with Gasteiger partial charge in [0.15, 0.2) is 0 Å². The predicted molar refractivity (Wildman–Crippen MR) is 55.3 cm³/mol. The van der Waals surface area contributed by atoms with Gasteiger partial charge in [-0.15, -0.1) is 13.2 Å². The minimum Gasteiger partial charge on any atom is -0.477 e. The topological polar surface area (TPSA) is 59.4 Å². The van der Waals surface area contributed by atoms with Crippen molar-refractivity contribution in [1.29, 1.82) is 0 Å². The van der Waals surface area contributed by atoms with Gasteiger partial charge >= 0.3 is 12.3 Å². The monoisotopic (exact) mass is 347 g/mol. The number of halogens is 4. The van der Waals surface area contributed by atoms with Gasteiger partial charge in [0.25, 0.3) is 0 Å². The van der Waals surface area contributed by atoms with Crippen molar-refractivity contribution < 1.29 is 27.8 Å². The molecule has 88 valence electrons. The molecule has 0 saturated carbocycles. The Morgan fingerprint density at radius 3 is 2.56 bits per heavy atom. The highest BCUT2D eigenvalue weighted by molar-refractivity contribution is 14.1. The van der Waals surface area contributed by atoms with E-state index in [1.807, 2.05) is 0 Å². The normalized spacial score (nSPS) is 11.3. The number of nitrogens with zero attached hydrogens (tertiary/aromatic N) is 1. The van der Waals surface area contributed by atoms with Crippen LogP contribution in [0, 0.1) is 10.6 Å². The molecule has 1 aromatic heterocycles. The molecule has 0 bridgehead atoms. The Labute approximate surface area is 102 Å². The maximum absolute atomic E-state index is 12.0. The number of carboxylic acid groups (broad SMARTS) is 1. The van der Waals surface area contributed by atoms with Crippen LogP contribution in [0.25, 0.3) is 0 Å². The Morgan fingerprint density at radius 1 is 1.56 bits per heavy atom. The maximum Gasteiger partial charge on any atom is 0.574 e. The third-order valence-electron chi connectivity index (χ3n) is 1.58. The quantitative estimate of drug-likeness (QED) is 0.660. The van der Waals surface area contributed by atoms with Crippen LogP contribution in [0.2, 0.25) is 0 Å². The van der Waals surface area contributed by atoms with E-state index in [-0.39, 0.29) is 9.26 Å². The van der Waals surface area contributed by atoms with Crippen molar-refractivity contribution in [3.63, 3.8) is 0 Å². The second kappa shape index (κ2) is 4.44. The summed E-state index contributed by atoms with van der Waals surface area (Å²) in [6, 6.07) is 1.35. The van der Waals surface area contributed by atoms with Crippen molar-refractivity contribution >= 4 is 28.6 Å². The van der Waals surface area contributed by atoms with Crippen LogP contribution < -0.4 is 4.74 Å². The number of carboxylic acids is 1. The van der Waals surface area contributed by atoms with Gasteiger partial charge in [-0.1, -0.05) is 0 Å². The zero-order chi connectivity index (χ0) is 12.5. The molecule has 8 heteroatoms. The molecule has 0 spiro atoms. The van der Waals surface area contributed by atoms with Crippen molar-refractivity contribution in [2.24, 2.45) is 0 Å². The van der Waals surface area contributed by atoms with Gasteiger partial charge in [-0.3, -0.25) is 0 Å². The molecule has 0 aliphatic heterocycles. The summed E-state index contributed by atoms with van der Waals surface area (Å²) in [6.07, 6.45) is -4.96. The fourth-order valence-electron chi connectivity index (χ4n) is 1.05. The lowest BCUT2D eigenvalue weighted by Gasteiger charge is -2.11. The molecule has 1 heterocycles. The third kappa shape index (κ3) is 3.22. The molecular formula is C8H5F3INO3. The molecule has 0 saturated heterocycles. The minimum absolute atomic E-state index is 0.158. The SMILES string of the molecule is Cc1cc(I)nc(OC(F)(F)F)c1C(=O)O. The van der Waals surface area contributed by atoms with Crippen LogP contribution in [0.4, 0.5) is 13.2 Å². The second-order valence-corrected chi connectivity index (χ2v) is 3.90. The van der Waals surface area contributed by atoms with E-state index in [1.54, 1.807) is 22.6 Å². The minimum atomic E-state index is -4.96. The molecule has 16 heavy (non-hydrogen) atoms. The molecule has 1 N–H and O–H groups in total. The largest absolute Gasteiger partial charge is 0.574 e. The van der Waals surface area contributed by atoms with Crippen LogP contribution in [0.3, 0.4) is 0 Å². The van der Waals surface area contributed by atoms with Gasteiger partial charge in [0, 0.05) is 0 Å². The van der Waals surface area contributed by atoms with Gasteiger partial charge in [-0.25, -0.2) is 9.78 Å². The fraction of sp³-hybridized carbons (Fsp3) is 0.250. The number of aromatic nitrogens is 1. The van der Waals surface area contributed by atoms with Gasteiger partial charge in [0.05, 0.1) is 0 Å². The van der Waals surface area contributed by atoms with Crippen molar-refractivity contribution in [2.75, 3.05) is 0 Å². The smallest absolute Gasteiger partial charge is 0.477 e. The van der Waals surface area contributed by atoms with E-state index < -0.39 is 23.8 Å². The molecule has 0 fully saturated rings. The lowest BCUT2D eigenvalue weighted by molar-refractivity contribution is -0.276. The number of aryl methyl sites for hydroxylation is 1. The summed E-state index contributed by atoms with van der Waals surface area (Å²) in [4.78, 5) is 14.2. The van der Waals surface area contributed by atoms with Crippen LogP contribution in [0.5, 0.6) is 5.88 Å². The standard InChI is InChI=1S/C8H5F3INO3/c1-3-2-4(12)13-6(5(3)7(14)15)16-8(9,10)11/h2H,1H3,(H,14,15). The number of ether oxygens (including phenoxy) is 1. The molecule has 1 rings (SSSR count). The van der Waals surface area contributed by atoms with E-state index in [0.29, 0.717) is 0 Å². The van der Waals surface area contributed by atoms with Gasteiger partial charge < -0.3 is 9.84 Å². The molecule has 1 aromatic rings. The molecule has 0 radical (unpaired) electrons. The Balaban J connectivity index is 3.30. The van der Waals surface area contributed by atoms with Crippen molar-refractivity contribution in [2.45, 2.75) is 13.3 Å². The van der Waals surface area contributed by atoms with Crippen molar-refractivity contribution in [1.82, 2.24) is 4.98 Å². The molecule has 0 unspecified atom stereocenters. The van der Waals surface area contributed by atoms with Crippen LogP contribution >= 0.6 is 22.6 Å². The average molecular weight is 347 g/mol. The molecule has 0 aromatic carbocycles. The van der Waals surface area contributed by atoms with E-state index in [9.17, 15) is 18.0 Å². The number of alkyl halides is 3. The van der Waals surface area contributed by atoms with E-state index >= 15 is 0 Å². The summed E-state index contributed by atoms with van der Waals surface area (Å²) in [5.74, 6) is -2.45. The summed E-state index contributed by atoms with van der Waals surface area (Å²) in [5.41, 5.74) is -0.427. The Hall–Kier alpha value is -1.06. The van der Waals surface area contributed by atoms with Gasteiger partial charge in [-0.05, 0) is 41.1 Å². The predicted octanol–water partition coefficient (Wildman–Crippen LogP) is 2.59. The maximum atomic E-state index is 12.0. The van der Waals surface area contributed by atoms with Crippen LogP contribution in [0.1, 0.15) is 15.9 Å². The lowest BCUT2D eigenvalue weighted by Crippen LogP contribution is -2.20. The van der Waals surface area contributed by atoms with E-state index in [1.165, 1.54) is 13.0 Å². The zero-order valence-corrected chi connectivity index (χ0v) is 9.96. The second-order valence-electron chi connectivity index (χ2n) is 2.79. The average Bonchev–Trinajstić information content (AvgIpc) is 1.96. The zero-order valence-electron chi connectivity index (χ0n) is 7.80. The van der Waals surface area contributed by atoms with Crippen LogP contribution in [-0.4, -0.2) is 22.4 Å². The van der Waals surface area contributed by atoms with E-state index in [2.05, 4.69) is 9.72 Å². The summed E-state index contributed by atoms with van der Waals surface area (Å²) in [7, 11) is 0. The summed E-state index contributed by atoms with van der Waals surface area (Å²) in [6.45, 7) is 1.37. The summed E-state index contributed by atoms with van der Waals surface area (Å²) in [5, 5.41) is 8.74. The summed E-state index contributed by atoms with van der Waals surface area (Å²) < 4.78 is 39.8. The Bertz CT molecular complexity index is 433. The molecule has 0 aliphatic rings. The first-order chi connectivity index (χ1) is 7.20. The first-order valence-corrected chi connectivity index (χ1v) is 4.95. The van der Waals surface area contributed by atoms with Crippen molar-refractivity contribution in [3.8, 4) is 5.88 Å².